The highest BCUT2D eigenvalue weighted by atomic mass is 32.2. The van der Waals surface area contributed by atoms with Crippen molar-refractivity contribution in [3.05, 3.63) is 35.4 Å². The molecule has 0 fully saturated rings. The molecule has 18 heavy (non-hydrogen) atoms. The van der Waals surface area contributed by atoms with Crippen molar-refractivity contribution in [2.45, 2.75) is 19.1 Å². The summed E-state index contributed by atoms with van der Waals surface area (Å²) in [6.45, 7) is 2.01. The molecule has 0 aromatic carbocycles. The fourth-order valence-electron chi connectivity index (χ4n) is 1.50. The van der Waals surface area contributed by atoms with Crippen LogP contribution < -0.4 is 5.32 Å². The second kappa shape index (κ2) is 5.77. The number of furan rings is 1. The van der Waals surface area contributed by atoms with Gasteiger partial charge < -0.3 is 9.73 Å². The van der Waals surface area contributed by atoms with Gasteiger partial charge in [0.1, 0.15) is 5.76 Å². The standard InChI is InChI=1S/C12H15N3O2S/c1-3-8-6-11(15-14-8)13-12(16)10-5-4-9(17-10)7-18-2/h4-6H,3,7H2,1-2H3,(H2,13,14,15,16). The molecule has 0 aliphatic heterocycles. The zero-order valence-corrected chi connectivity index (χ0v) is 11.1. The van der Waals surface area contributed by atoms with E-state index in [-0.39, 0.29) is 5.91 Å². The van der Waals surface area contributed by atoms with Crippen molar-refractivity contribution < 1.29 is 9.21 Å². The van der Waals surface area contributed by atoms with Gasteiger partial charge in [0.05, 0.1) is 5.75 Å². The zero-order chi connectivity index (χ0) is 13.0. The van der Waals surface area contributed by atoms with Crippen molar-refractivity contribution in [1.82, 2.24) is 10.2 Å². The Morgan fingerprint density at radius 1 is 1.56 bits per heavy atom. The second-order valence-electron chi connectivity index (χ2n) is 3.79. The maximum Gasteiger partial charge on any atom is 0.292 e. The van der Waals surface area contributed by atoms with Crippen LogP contribution in [0.3, 0.4) is 0 Å². The van der Waals surface area contributed by atoms with Gasteiger partial charge in [0.15, 0.2) is 11.6 Å². The van der Waals surface area contributed by atoms with Gasteiger partial charge in [0.25, 0.3) is 5.91 Å². The van der Waals surface area contributed by atoms with Gasteiger partial charge in [-0.3, -0.25) is 9.89 Å². The molecule has 2 N–H and O–H groups in total. The molecule has 0 spiro atoms. The minimum absolute atomic E-state index is 0.281. The fourth-order valence-corrected chi connectivity index (χ4v) is 1.94. The smallest absolute Gasteiger partial charge is 0.292 e. The number of thioether (sulfide) groups is 1. The molecule has 2 rings (SSSR count). The summed E-state index contributed by atoms with van der Waals surface area (Å²) in [5, 5.41) is 9.52. The van der Waals surface area contributed by atoms with Crippen molar-refractivity contribution in [3.63, 3.8) is 0 Å². The van der Waals surface area contributed by atoms with E-state index >= 15 is 0 Å². The molecule has 5 nitrogen and oxygen atoms in total. The van der Waals surface area contributed by atoms with E-state index in [9.17, 15) is 4.79 Å². The van der Waals surface area contributed by atoms with Crippen LogP contribution in [0, 0.1) is 0 Å². The molecule has 2 aromatic heterocycles. The van der Waals surface area contributed by atoms with E-state index in [0.717, 1.165) is 23.6 Å². The lowest BCUT2D eigenvalue weighted by Crippen LogP contribution is -2.11. The first-order valence-corrected chi connectivity index (χ1v) is 7.05. The molecule has 2 heterocycles. The third-order valence-electron chi connectivity index (χ3n) is 2.43. The van der Waals surface area contributed by atoms with E-state index < -0.39 is 0 Å². The van der Waals surface area contributed by atoms with E-state index in [1.165, 1.54) is 0 Å². The molecule has 0 aliphatic carbocycles. The SMILES string of the molecule is CCc1cc(NC(=O)c2ccc(CSC)o2)n[nH]1. The molecular formula is C12H15N3O2S. The number of rotatable bonds is 5. The summed E-state index contributed by atoms with van der Waals surface area (Å²) in [5.41, 5.74) is 0.979. The summed E-state index contributed by atoms with van der Waals surface area (Å²) in [7, 11) is 0. The molecule has 2 aromatic rings. The Morgan fingerprint density at radius 2 is 2.39 bits per heavy atom. The van der Waals surface area contributed by atoms with E-state index in [0.29, 0.717) is 11.6 Å². The van der Waals surface area contributed by atoms with Crippen molar-refractivity contribution >= 4 is 23.5 Å². The monoisotopic (exact) mass is 265 g/mol. The first kappa shape index (κ1) is 12.8. The minimum Gasteiger partial charge on any atom is -0.455 e. The molecule has 1 amide bonds. The molecule has 0 radical (unpaired) electrons. The first-order valence-electron chi connectivity index (χ1n) is 5.66. The molecular weight excluding hydrogens is 250 g/mol. The maximum atomic E-state index is 11.9. The Hall–Kier alpha value is -1.69. The van der Waals surface area contributed by atoms with Crippen LogP contribution in [0.1, 0.15) is 28.9 Å². The predicted molar refractivity (Wildman–Crippen MR) is 71.8 cm³/mol. The Morgan fingerprint density at radius 3 is 3.06 bits per heavy atom. The summed E-state index contributed by atoms with van der Waals surface area (Å²) >= 11 is 1.65. The normalized spacial score (nSPS) is 10.6. The number of hydrogen-bond donors (Lipinski definition) is 2. The lowest BCUT2D eigenvalue weighted by molar-refractivity contribution is 0.0995. The lowest BCUT2D eigenvalue weighted by Gasteiger charge is -1.97. The number of aromatic amines is 1. The largest absolute Gasteiger partial charge is 0.455 e. The highest BCUT2D eigenvalue weighted by Gasteiger charge is 2.12. The average Bonchev–Trinajstić information content (AvgIpc) is 2.98. The average molecular weight is 265 g/mol. The van der Waals surface area contributed by atoms with Gasteiger partial charge in [0.2, 0.25) is 0 Å². The van der Waals surface area contributed by atoms with Crippen LogP contribution in [0.4, 0.5) is 5.82 Å². The lowest BCUT2D eigenvalue weighted by atomic mass is 10.3. The van der Waals surface area contributed by atoms with Crippen LogP contribution in [0.2, 0.25) is 0 Å². The van der Waals surface area contributed by atoms with Gasteiger partial charge in [-0.2, -0.15) is 16.9 Å². The van der Waals surface area contributed by atoms with Crippen molar-refractivity contribution in [2.24, 2.45) is 0 Å². The van der Waals surface area contributed by atoms with Gasteiger partial charge in [-0.1, -0.05) is 6.92 Å². The van der Waals surface area contributed by atoms with Crippen LogP contribution in [-0.4, -0.2) is 22.4 Å². The summed E-state index contributed by atoms with van der Waals surface area (Å²) in [6, 6.07) is 5.30. The number of carbonyl (C=O) groups excluding carboxylic acids is 1. The summed E-state index contributed by atoms with van der Waals surface area (Å²) < 4.78 is 5.42. The van der Waals surface area contributed by atoms with E-state index in [1.54, 1.807) is 17.8 Å². The third-order valence-corrected chi connectivity index (χ3v) is 3.00. The Kier molecular flexibility index (Phi) is 4.09. The Balaban J connectivity index is 2.02. The quantitative estimate of drug-likeness (QED) is 0.872. The van der Waals surface area contributed by atoms with Crippen LogP contribution in [0.5, 0.6) is 0 Å². The molecule has 0 atom stereocenters. The van der Waals surface area contributed by atoms with Crippen molar-refractivity contribution in [3.8, 4) is 0 Å². The molecule has 0 saturated carbocycles. The third kappa shape index (κ3) is 2.95. The number of H-pyrrole nitrogens is 1. The summed E-state index contributed by atoms with van der Waals surface area (Å²) in [6.07, 6.45) is 2.83. The van der Waals surface area contributed by atoms with Gasteiger partial charge in [-0.25, -0.2) is 0 Å². The predicted octanol–water partition coefficient (Wildman–Crippen LogP) is 2.68. The number of nitrogens with one attached hydrogen (secondary N) is 2. The van der Waals surface area contributed by atoms with Crippen LogP contribution in [0.15, 0.2) is 22.6 Å². The van der Waals surface area contributed by atoms with E-state index in [2.05, 4.69) is 15.5 Å². The molecule has 0 aliphatic rings. The topological polar surface area (TPSA) is 70.9 Å². The molecule has 0 bridgehead atoms. The van der Waals surface area contributed by atoms with Gasteiger partial charge in [0, 0.05) is 11.8 Å². The number of anilines is 1. The van der Waals surface area contributed by atoms with E-state index in [4.69, 9.17) is 4.42 Å². The molecule has 96 valence electrons. The van der Waals surface area contributed by atoms with Crippen LogP contribution in [-0.2, 0) is 12.2 Å². The molecule has 6 heteroatoms. The second-order valence-corrected chi connectivity index (χ2v) is 4.65. The van der Waals surface area contributed by atoms with Gasteiger partial charge in [-0.05, 0) is 24.8 Å². The minimum atomic E-state index is -0.281. The molecule has 0 unspecified atom stereocenters. The number of aromatic nitrogens is 2. The van der Waals surface area contributed by atoms with Crippen LogP contribution >= 0.6 is 11.8 Å². The first-order chi connectivity index (χ1) is 8.72. The highest BCUT2D eigenvalue weighted by molar-refractivity contribution is 7.97. The number of amides is 1. The summed E-state index contributed by atoms with van der Waals surface area (Å²) in [4.78, 5) is 11.9. The maximum absolute atomic E-state index is 11.9. The number of carbonyl (C=O) groups is 1. The summed E-state index contributed by atoms with van der Waals surface area (Å²) in [5.74, 6) is 2.09. The highest BCUT2D eigenvalue weighted by Crippen LogP contribution is 2.15. The van der Waals surface area contributed by atoms with E-state index in [1.807, 2.05) is 25.3 Å². The number of nitrogens with zero attached hydrogens (tertiary/aromatic N) is 1. The number of hydrogen-bond acceptors (Lipinski definition) is 4. The van der Waals surface area contributed by atoms with Crippen LogP contribution in [0.25, 0.3) is 0 Å². The van der Waals surface area contributed by atoms with Crippen molar-refractivity contribution in [1.29, 1.82) is 0 Å². The number of aryl methyl sites for hydroxylation is 1. The van der Waals surface area contributed by atoms with Gasteiger partial charge >= 0.3 is 0 Å². The zero-order valence-electron chi connectivity index (χ0n) is 10.3. The Bertz CT molecular complexity index is 533. The van der Waals surface area contributed by atoms with Crippen molar-refractivity contribution in [2.75, 3.05) is 11.6 Å². The fraction of sp³-hybridized carbons (Fsp3) is 0.333. The van der Waals surface area contributed by atoms with Gasteiger partial charge in [-0.15, -0.1) is 0 Å². The molecule has 0 saturated heterocycles. The Labute approximate surface area is 109 Å².